The van der Waals surface area contributed by atoms with Crippen LogP contribution in [0.2, 0.25) is 0 Å². The van der Waals surface area contributed by atoms with E-state index in [0.29, 0.717) is 19.5 Å². The van der Waals surface area contributed by atoms with Gasteiger partial charge >= 0.3 is 5.97 Å². The number of amides is 1. The zero-order chi connectivity index (χ0) is 15.5. The second-order valence-electron chi connectivity index (χ2n) is 5.99. The molecule has 1 heterocycles. The molecule has 1 aliphatic rings. The van der Waals surface area contributed by atoms with E-state index in [0.717, 1.165) is 5.69 Å². The van der Waals surface area contributed by atoms with Crippen LogP contribution in [0.1, 0.15) is 20.3 Å². The van der Waals surface area contributed by atoms with E-state index >= 15 is 0 Å². The number of likely N-dealkylation sites (tertiary alicyclic amines) is 1. The molecule has 2 N–H and O–H groups in total. The summed E-state index contributed by atoms with van der Waals surface area (Å²) in [6, 6.07) is 9.27. The van der Waals surface area contributed by atoms with Crippen molar-refractivity contribution < 1.29 is 14.7 Å². The number of carbonyl (C=O) groups is 2. The smallest absolute Gasteiger partial charge is 0.311 e. The molecule has 0 bridgehead atoms. The molecule has 1 aliphatic heterocycles. The second-order valence-corrected chi connectivity index (χ2v) is 5.99. The van der Waals surface area contributed by atoms with E-state index < -0.39 is 11.4 Å². The van der Waals surface area contributed by atoms with Crippen LogP contribution in [0.4, 0.5) is 5.69 Å². The molecule has 1 aromatic carbocycles. The van der Waals surface area contributed by atoms with Crippen molar-refractivity contribution in [1.29, 1.82) is 0 Å². The number of benzene rings is 1. The minimum atomic E-state index is -0.761. The third kappa shape index (κ3) is 3.42. The highest BCUT2D eigenvalue weighted by Crippen LogP contribution is 2.37. The first kappa shape index (κ1) is 15.5. The molecule has 1 atom stereocenters. The van der Waals surface area contributed by atoms with Gasteiger partial charge in [0.1, 0.15) is 0 Å². The Bertz CT molecular complexity index is 516. The molecular weight excluding hydrogens is 268 g/mol. The molecule has 1 amide bonds. The highest BCUT2D eigenvalue weighted by atomic mass is 16.4. The van der Waals surface area contributed by atoms with Crippen molar-refractivity contribution in [3.8, 4) is 0 Å². The first-order valence-electron chi connectivity index (χ1n) is 7.25. The minimum absolute atomic E-state index is 0.0529. The summed E-state index contributed by atoms with van der Waals surface area (Å²) in [6.45, 7) is 5.18. The first-order valence-corrected chi connectivity index (χ1v) is 7.25. The topological polar surface area (TPSA) is 69.6 Å². The maximum Gasteiger partial charge on any atom is 0.311 e. The summed E-state index contributed by atoms with van der Waals surface area (Å²) in [5.41, 5.74) is 0.0302. The molecule has 1 fully saturated rings. The second kappa shape index (κ2) is 6.26. The van der Waals surface area contributed by atoms with Gasteiger partial charge in [-0.15, -0.1) is 0 Å². The Balaban J connectivity index is 1.93. The molecule has 21 heavy (non-hydrogen) atoms. The van der Waals surface area contributed by atoms with Crippen molar-refractivity contribution >= 4 is 17.6 Å². The number of carbonyl (C=O) groups excluding carboxylic acids is 1. The Hall–Kier alpha value is -1.88. The van der Waals surface area contributed by atoms with E-state index in [1.54, 1.807) is 0 Å². The van der Waals surface area contributed by atoms with Gasteiger partial charge in [-0.1, -0.05) is 32.0 Å². The fourth-order valence-electron chi connectivity index (χ4n) is 2.87. The van der Waals surface area contributed by atoms with Gasteiger partial charge in [0.25, 0.3) is 0 Å². The Morgan fingerprint density at radius 2 is 2.00 bits per heavy atom. The highest BCUT2D eigenvalue weighted by molar-refractivity contribution is 5.92. The van der Waals surface area contributed by atoms with Crippen molar-refractivity contribution in [2.24, 2.45) is 11.3 Å². The van der Waals surface area contributed by atoms with Gasteiger partial charge in [-0.3, -0.25) is 14.5 Å². The molecule has 0 radical (unpaired) electrons. The van der Waals surface area contributed by atoms with Crippen molar-refractivity contribution in [3.05, 3.63) is 30.3 Å². The fraction of sp³-hybridized carbons (Fsp3) is 0.500. The zero-order valence-corrected chi connectivity index (χ0v) is 12.5. The number of anilines is 1. The van der Waals surface area contributed by atoms with Gasteiger partial charge in [0.2, 0.25) is 5.91 Å². The molecule has 0 spiro atoms. The van der Waals surface area contributed by atoms with Crippen LogP contribution in [0.5, 0.6) is 0 Å². The van der Waals surface area contributed by atoms with Crippen LogP contribution in [-0.2, 0) is 9.59 Å². The maximum atomic E-state index is 12.0. The molecule has 1 aromatic rings. The summed E-state index contributed by atoms with van der Waals surface area (Å²) in [6.07, 6.45) is 0.596. The van der Waals surface area contributed by atoms with Crippen molar-refractivity contribution in [2.75, 3.05) is 25.0 Å². The van der Waals surface area contributed by atoms with Gasteiger partial charge < -0.3 is 10.4 Å². The number of nitrogens with zero attached hydrogens (tertiary/aromatic N) is 1. The SMILES string of the molecule is CC(C)C1(C(=O)O)CCN(CC(=O)Nc2ccccc2)C1. The van der Waals surface area contributed by atoms with E-state index in [1.165, 1.54) is 0 Å². The van der Waals surface area contributed by atoms with Gasteiger partial charge in [-0.2, -0.15) is 0 Å². The van der Waals surface area contributed by atoms with Crippen LogP contribution < -0.4 is 5.32 Å². The van der Waals surface area contributed by atoms with Crippen LogP contribution in [-0.4, -0.2) is 41.5 Å². The van der Waals surface area contributed by atoms with E-state index in [9.17, 15) is 14.7 Å². The van der Waals surface area contributed by atoms with Crippen molar-refractivity contribution in [1.82, 2.24) is 4.90 Å². The Morgan fingerprint density at radius 3 is 2.52 bits per heavy atom. The lowest BCUT2D eigenvalue weighted by molar-refractivity contribution is -0.151. The van der Waals surface area contributed by atoms with Crippen molar-refractivity contribution in [2.45, 2.75) is 20.3 Å². The van der Waals surface area contributed by atoms with Gasteiger partial charge in [-0.25, -0.2) is 0 Å². The monoisotopic (exact) mass is 290 g/mol. The molecule has 0 aliphatic carbocycles. The Labute approximate surface area is 125 Å². The van der Waals surface area contributed by atoms with E-state index in [-0.39, 0.29) is 18.4 Å². The summed E-state index contributed by atoms with van der Waals surface area (Å²) in [5.74, 6) is -0.813. The normalized spacial score (nSPS) is 22.4. The Kier molecular flexibility index (Phi) is 4.63. The lowest BCUT2D eigenvalue weighted by atomic mass is 9.76. The van der Waals surface area contributed by atoms with E-state index in [2.05, 4.69) is 5.32 Å². The third-order valence-corrected chi connectivity index (χ3v) is 4.34. The quantitative estimate of drug-likeness (QED) is 0.871. The average molecular weight is 290 g/mol. The molecule has 114 valence electrons. The molecule has 1 saturated heterocycles. The van der Waals surface area contributed by atoms with Crippen LogP contribution >= 0.6 is 0 Å². The van der Waals surface area contributed by atoms with Gasteiger partial charge in [0.15, 0.2) is 0 Å². The summed E-state index contributed by atoms with van der Waals surface area (Å²) >= 11 is 0. The van der Waals surface area contributed by atoms with Crippen molar-refractivity contribution in [3.63, 3.8) is 0 Å². The lowest BCUT2D eigenvalue weighted by Gasteiger charge is -2.28. The predicted molar refractivity (Wildman–Crippen MR) is 81.0 cm³/mol. The predicted octanol–water partition coefficient (Wildman–Crippen LogP) is 2.06. The number of carboxylic acids is 1. The molecule has 5 nitrogen and oxygen atoms in total. The van der Waals surface area contributed by atoms with Crippen LogP contribution in [0, 0.1) is 11.3 Å². The summed E-state index contributed by atoms with van der Waals surface area (Å²) in [4.78, 5) is 25.5. The summed E-state index contributed by atoms with van der Waals surface area (Å²) in [5, 5.41) is 12.3. The van der Waals surface area contributed by atoms with E-state index in [4.69, 9.17) is 0 Å². The number of hydrogen-bond donors (Lipinski definition) is 2. The van der Waals surface area contributed by atoms with Gasteiger partial charge in [0.05, 0.1) is 12.0 Å². The number of rotatable bonds is 5. The molecule has 2 rings (SSSR count). The van der Waals surface area contributed by atoms with Crippen LogP contribution in [0.15, 0.2) is 30.3 Å². The maximum absolute atomic E-state index is 12.0. The van der Waals surface area contributed by atoms with E-state index in [1.807, 2.05) is 49.1 Å². The van der Waals surface area contributed by atoms with Crippen LogP contribution in [0.3, 0.4) is 0 Å². The zero-order valence-electron chi connectivity index (χ0n) is 12.5. The lowest BCUT2D eigenvalue weighted by Crippen LogP contribution is -2.40. The number of hydrogen-bond acceptors (Lipinski definition) is 3. The fourth-order valence-corrected chi connectivity index (χ4v) is 2.87. The largest absolute Gasteiger partial charge is 0.481 e. The summed E-state index contributed by atoms with van der Waals surface area (Å²) in [7, 11) is 0. The average Bonchev–Trinajstić information content (AvgIpc) is 2.85. The molecule has 0 aromatic heterocycles. The first-order chi connectivity index (χ1) is 9.94. The molecule has 1 unspecified atom stereocenters. The van der Waals surface area contributed by atoms with Gasteiger partial charge in [-0.05, 0) is 31.0 Å². The number of aliphatic carboxylic acids is 1. The molecule has 0 saturated carbocycles. The highest BCUT2D eigenvalue weighted by Gasteiger charge is 2.47. The number of para-hydroxylation sites is 1. The van der Waals surface area contributed by atoms with Gasteiger partial charge in [0, 0.05) is 12.2 Å². The number of nitrogens with one attached hydrogen (secondary N) is 1. The standard InChI is InChI=1S/C16H22N2O3/c1-12(2)16(15(20)21)8-9-18(11-16)10-14(19)17-13-6-4-3-5-7-13/h3-7,12H,8-11H2,1-2H3,(H,17,19)(H,20,21). The third-order valence-electron chi connectivity index (χ3n) is 4.34. The Morgan fingerprint density at radius 1 is 1.33 bits per heavy atom. The molecule has 5 heteroatoms. The summed E-state index contributed by atoms with van der Waals surface area (Å²) < 4.78 is 0. The van der Waals surface area contributed by atoms with Crippen LogP contribution in [0.25, 0.3) is 0 Å². The molecular formula is C16H22N2O3. The number of carboxylic acid groups (broad SMARTS) is 1. The minimum Gasteiger partial charge on any atom is -0.481 e.